The molecule has 0 N–H and O–H groups in total. The summed E-state index contributed by atoms with van der Waals surface area (Å²) >= 11 is 0. The van der Waals surface area contributed by atoms with Crippen LogP contribution >= 0.6 is 0 Å². The van der Waals surface area contributed by atoms with Crippen LogP contribution in [0.1, 0.15) is 0 Å². The van der Waals surface area contributed by atoms with E-state index in [2.05, 4.69) is 63.5 Å². The van der Waals surface area contributed by atoms with Gasteiger partial charge in [0.25, 0.3) is 0 Å². The van der Waals surface area contributed by atoms with Gasteiger partial charge in [-0.05, 0) is 44.5 Å². The lowest BCUT2D eigenvalue weighted by Crippen LogP contribution is -2.58. The van der Waals surface area contributed by atoms with E-state index in [4.69, 9.17) is 8.23 Å². The smallest absolute Gasteiger partial charge is 0.348 e. The van der Waals surface area contributed by atoms with Crippen molar-refractivity contribution < 1.29 is 8.23 Å². The average molecular weight is 284 g/mol. The van der Waals surface area contributed by atoms with Gasteiger partial charge in [0, 0.05) is 0 Å². The van der Waals surface area contributed by atoms with Gasteiger partial charge in [-0.3, -0.25) is 0 Å². The Morgan fingerprint density at radius 1 is 0.941 bits per heavy atom. The maximum absolute atomic E-state index is 6.40. The minimum Gasteiger partial charge on any atom is -0.433 e. The highest BCUT2D eigenvalue weighted by molar-refractivity contribution is 6.91. The first-order valence-corrected chi connectivity index (χ1v) is 14.1. The first-order chi connectivity index (χ1) is 7.73. The number of hydrogen-bond acceptors (Lipinski definition) is 2. The molecule has 0 amide bonds. The summed E-state index contributed by atoms with van der Waals surface area (Å²) < 4.78 is 12.7. The topological polar surface area (TPSA) is 18.5 Å². The monoisotopic (exact) mass is 283 g/mol. The van der Waals surface area contributed by atoms with E-state index < -0.39 is 25.9 Å². The summed E-state index contributed by atoms with van der Waals surface area (Å²) in [7, 11) is -4.56. The van der Waals surface area contributed by atoms with Crippen LogP contribution in [-0.4, -0.2) is 25.9 Å². The standard InChI is InChI=1S/C12H23O2Si3/c1-15(2)13-17(6,14-16(3,4)5)12-10-8-7-9-11-12/h7-11H,1-6H3. The molecule has 5 heteroatoms. The number of rotatable bonds is 5. The van der Waals surface area contributed by atoms with Gasteiger partial charge in [-0.1, -0.05) is 30.3 Å². The van der Waals surface area contributed by atoms with Gasteiger partial charge in [0.05, 0.1) is 0 Å². The van der Waals surface area contributed by atoms with Crippen LogP contribution in [0.4, 0.5) is 0 Å². The largest absolute Gasteiger partial charge is 0.433 e. The van der Waals surface area contributed by atoms with E-state index in [1.54, 1.807) is 0 Å². The lowest BCUT2D eigenvalue weighted by atomic mass is 10.4. The normalized spacial score (nSPS) is 15.9. The molecule has 0 spiro atoms. The first kappa shape index (κ1) is 14.9. The number of hydrogen-bond donors (Lipinski definition) is 0. The fraction of sp³-hybridized carbons (Fsp3) is 0.500. The zero-order valence-electron chi connectivity index (χ0n) is 11.7. The molecule has 0 aliphatic rings. The fourth-order valence-electron chi connectivity index (χ4n) is 1.85. The van der Waals surface area contributed by atoms with Gasteiger partial charge in [0.2, 0.25) is 0 Å². The van der Waals surface area contributed by atoms with Crippen molar-refractivity contribution in [3.63, 3.8) is 0 Å². The molecule has 1 aromatic carbocycles. The quantitative estimate of drug-likeness (QED) is 0.773. The van der Waals surface area contributed by atoms with Crippen molar-refractivity contribution >= 4 is 31.1 Å². The Balaban J connectivity index is 3.02. The van der Waals surface area contributed by atoms with Crippen LogP contribution in [0.2, 0.25) is 39.3 Å². The van der Waals surface area contributed by atoms with Gasteiger partial charge in [-0.2, -0.15) is 0 Å². The molecule has 0 saturated carbocycles. The predicted molar refractivity (Wildman–Crippen MR) is 80.7 cm³/mol. The molecule has 17 heavy (non-hydrogen) atoms. The Hall–Kier alpha value is -0.209. The van der Waals surface area contributed by atoms with Crippen LogP contribution in [0, 0.1) is 0 Å². The Bertz CT molecular complexity index is 349. The molecule has 0 heterocycles. The first-order valence-electron chi connectivity index (χ1n) is 5.98. The molecule has 0 aliphatic carbocycles. The molecule has 0 fully saturated rings. The zero-order chi connectivity index (χ0) is 13.1. The third-order valence-electron chi connectivity index (χ3n) is 2.20. The van der Waals surface area contributed by atoms with Gasteiger partial charge in [-0.25, -0.2) is 0 Å². The molecule has 1 radical (unpaired) electrons. The highest BCUT2D eigenvalue weighted by Gasteiger charge is 2.39. The lowest BCUT2D eigenvalue weighted by Gasteiger charge is -2.35. The molecule has 95 valence electrons. The van der Waals surface area contributed by atoms with Crippen molar-refractivity contribution in [1.82, 2.24) is 0 Å². The molecule has 0 bridgehead atoms. The fourth-order valence-corrected chi connectivity index (χ4v) is 11.9. The summed E-state index contributed by atoms with van der Waals surface area (Å²) in [6.45, 7) is 13.2. The van der Waals surface area contributed by atoms with E-state index in [0.717, 1.165) is 0 Å². The molecule has 1 aromatic rings. The van der Waals surface area contributed by atoms with Gasteiger partial charge in [0.1, 0.15) is 0 Å². The lowest BCUT2D eigenvalue weighted by molar-refractivity contribution is 0.414. The van der Waals surface area contributed by atoms with Crippen molar-refractivity contribution in [2.24, 2.45) is 0 Å². The summed E-state index contributed by atoms with van der Waals surface area (Å²) in [5.74, 6) is 0. The van der Waals surface area contributed by atoms with E-state index in [-0.39, 0.29) is 0 Å². The Kier molecular flexibility index (Phi) is 4.91. The van der Waals surface area contributed by atoms with Crippen molar-refractivity contribution in [3.05, 3.63) is 30.3 Å². The third-order valence-corrected chi connectivity index (χ3v) is 10.8. The Morgan fingerprint density at radius 3 is 1.88 bits per heavy atom. The Labute approximate surface area is 109 Å². The number of benzene rings is 1. The van der Waals surface area contributed by atoms with E-state index in [9.17, 15) is 0 Å². The summed E-state index contributed by atoms with van der Waals surface area (Å²) in [6, 6.07) is 10.4. The van der Waals surface area contributed by atoms with Gasteiger partial charge < -0.3 is 8.23 Å². The summed E-state index contributed by atoms with van der Waals surface area (Å²) in [5, 5.41) is 1.24. The summed E-state index contributed by atoms with van der Waals surface area (Å²) in [4.78, 5) is 0. The highest BCUT2D eigenvalue weighted by Crippen LogP contribution is 2.16. The van der Waals surface area contributed by atoms with Gasteiger partial charge >= 0.3 is 8.56 Å². The predicted octanol–water partition coefficient (Wildman–Crippen LogP) is 3.08. The molecule has 0 aromatic heterocycles. The third kappa shape index (κ3) is 4.89. The van der Waals surface area contributed by atoms with E-state index in [0.29, 0.717) is 0 Å². The van der Waals surface area contributed by atoms with Gasteiger partial charge in [0.15, 0.2) is 17.4 Å². The van der Waals surface area contributed by atoms with Crippen LogP contribution in [0.3, 0.4) is 0 Å². The Morgan fingerprint density at radius 2 is 1.47 bits per heavy atom. The van der Waals surface area contributed by atoms with Crippen LogP contribution in [0.25, 0.3) is 0 Å². The molecular weight excluding hydrogens is 260 g/mol. The van der Waals surface area contributed by atoms with E-state index >= 15 is 0 Å². The van der Waals surface area contributed by atoms with Crippen LogP contribution in [0.15, 0.2) is 30.3 Å². The molecular formula is C12H23O2Si3. The second kappa shape index (κ2) is 5.62. The molecule has 1 unspecified atom stereocenters. The zero-order valence-corrected chi connectivity index (χ0v) is 14.7. The molecule has 1 rings (SSSR count). The van der Waals surface area contributed by atoms with E-state index in [1.807, 2.05) is 6.07 Å². The average Bonchev–Trinajstić information content (AvgIpc) is 2.14. The van der Waals surface area contributed by atoms with Crippen LogP contribution < -0.4 is 5.19 Å². The van der Waals surface area contributed by atoms with Crippen molar-refractivity contribution in [1.29, 1.82) is 0 Å². The molecule has 0 saturated heterocycles. The van der Waals surface area contributed by atoms with Crippen molar-refractivity contribution in [2.75, 3.05) is 0 Å². The maximum Gasteiger partial charge on any atom is 0.348 e. The second-order valence-electron chi connectivity index (χ2n) is 5.54. The second-order valence-corrected chi connectivity index (χ2v) is 15.7. The maximum atomic E-state index is 6.40. The van der Waals surface area contributed by atoms with E-state index in [1.165, 1.54) is 5.19 Å². The van der Waals surface area contributed by atoms with Crippen LogP contribution in [-0.2, 0) is 8.23 Å². The van der Waals surface area contributed by atoms with Crippen molar-refractivity contribution in [2.45, 2.75) is 39.3 Å². The SMILES string of the molecule is C[Si](C)O[Si](C)(O[Si](C)(C)C)c1ccccc1. The van der Waals surface area contributed by atoms with Crippen molar-refractivity contribution in [3.8, 4) is 0 Å². The summed E-state index contributed by atoms with van der Waals surface area (Å²) in [6.07, 6.45) is 0. The van der Waals surface area contributed by atoms with Gasteiger partial charge in [-0.15, -0.1) is 0 Å². The highest BCUT2D eigenvalue weighted by atomic mass is 28.5. The van der Waals surface area contributed by atoms with Crippen LogP contribution in [0.5, 0.6) is 0 Å². The molecule has 0 aliphatic heterocycles. The minimum absolute atomic E-state index is 0.751. The minimum atomic E-state index is -2.22. The molecule has 2 nitrogen and oxygen atoms in total. The molecule has 1 atom stereocenters. The summed E-state index contributed by atoms with van der Waals surface area (Å²) in [5.41, 5.74) is 0.